The molecule has 1 heterocycles. The van der Waals surface area contributed by atoms with Gasteiger partial charge in [-0.05, 0) is 44.1 Å². The van der Waals surface area contributed by atoms with E-state index in [4.69, 9.17) is 4.74 Å². The summed E-state index contributed by atoms with van der Waals surface area (Å²) in [7, 11) is 1.63. The summed E-state index contributed by atoms with van der Waals surface area (Å²) in [5.41, 5.74) is 0.919. The zero-order chi connectivity index (χ0) is 13.7. The van der Waals surface area contributed by atoms with Gasteiger partial charge in [0, 0.05) is 24.7 Å². The molecule has 19 heavy (non-hydrogen) atoms. The van der Waals surface area contributed by atoms with Gasteiger partial charge in [0.15, 0.2) is 0 Å². The summed E-state index contributed by atoms with van der Waals surface area (Å²) in [5, 5.41) is 3.50. The van der Waals surface area contributed by atoms with Crippen LogP contribution in [-0.4, -0.2) is 37.7 Å². The van der Waals surface area contributed by atoms with Gasteiger partial charge in [-0.2, -0.15) is 0 Å². The van der Waals surface area contributed by atoms with E-state index >= 15 is 0 Å². The molecule has 0 spiro atoms. The molecule has 3 nitrogen and oxygen atoms in total. The minimum Gasteiger partial charge on any atom is -0.496 e. The van der Waals surface area contributed by atoms with Crippen molar-refractivity contribution in [3.8, 4) is 5.75 Å². The fourth-order valence-electron chi connectivity index (χ4n) is 2.64. The highest BCUT2D eigenvalue weighted by molar-refractivity contribution is 5.33. The van der Waals surface area contributed by atoms with E-state index in [-0.39, 0.29) is 5.82 Å². The van der Waals surface area contributed by atoms with Crippen LogP contribution in [-0.2, 0) is 6.54 Å². The van der Waals surface area contributed by atoms with Crippen molar-refractivity contribution in [1.29, 1.82) is 0 Å². The molecule has 4 heteroatoms. The highest BCUT2D eigenvalue weighted by Gasteiger charge is 2.18. The third kappa shape index (κ3) is 3.91. The molecule has 1 aliphatic heterocycles. The second-order valence-electron chi connectivity index (χ2n) is 5.08. The quantitative estimate of drug-likeness (QED) is 0.855. The van der Waals surface area contributed by atoms with Crippen molar-refractivity contribution in [3.63, 3.8) is 0 Å². The summed E-state index contributed by atoms with van der Waals surface area (Å²) >= 11 is 0. The number of hydrogen-bond donors (Lipinski definition) is 1. The predicted octanol–water partition coefficient (Wildman–Crippen LogP) is 2.41. The minimum absolute atomic E-state index is 0.203. The van der Waals surface area contributed by atoms with Crippen molar-refractivity contribution in [2.75, 3.05) is 26.7 Å². The Bertz CT molecular complexity index is 405. The van der Waals surface area contributed by atoms with Gasteiger partial charge in [0.1, 0.15) is 11.6 Å². The van der Waals surface area contributed by atoms with Gasteiger partial charge in [0.2, 0.25) is 0 Å². The maximum Gasteiger partial charge on any atom is 0.123 e. The van der Waals surface area contributed by atoms with Crippen LogP contribution in [0.5, 0.6) is 5.75 Å². The summed E-state index contributed by atoms with van der Waals surface area (Å²) in [6, 6.07) is 5.28. The lowest BCUT2D eigenvalue weighted by molar-refractivity contribution is 0.249. The van der Waals surface area contributed by atoms with Crippen LogP contribution in [0.3, 0.4) is 0 Å². The van der Waals surface area contributed by atoms with Gasteiger partial charge >= 0.3 is 0 Å². The van der Waals surface area contributed by atoms with Crippen molar-refractivity contribution in [1.82, 2.24) is 10.2 Å². The summed E-state index contributed by atoms with van der Waals surface area (Å²) in [6.07, 6.45) is 2.49. The zero-order valence-electron chi connectivity index (χ0n) is 11.8. The molecular weight excluding hydrogens is 243 g/mol. The molecule has 0 aliphatic carbocycles. The van der Waals surface area contributed by atoms with Crippen LogP contribution in [0.1, 0.15) is 25.3 Å². The topological polar surface area (TPSA) is 24.5 Å². The van der Waals surface area contributed by atoms with Crippen molar-refractivity contribution < 1.29 is 9.13 Å². The molecule has 1 fully saturated rings. The van der Waals surface area contributed by atoms with Gasteiger partial charge in [-0.15, -0.1) is 0 Å². The van der Waals surface area contributed by atoms with Crippen LogP contribution in [0.15, 0.2) is 18.2 Å². The Kier molecular flexibility index (Phi) is 5.16. The van der Waals surface area contributed by atoms with Crippen molar-refractivity contribution in [3.05, 3.63) is 29.6 Å². The number of nitrogens with one attached hydrogen (secondary N) is 1. The van der Waals surface area contributed by atoms with Crippen LogP contribution >= 0.6 is 0 Å². The third-order valence-electron chi connectivity index (χ3n) is 3.72. The summed E-state index contributed by atoms with van der Waals surface area (Å²) in [6.45, 7) is 5.95. The summed E-state index contributed by atoms with van der Waals surface area (Å²) in [5.74, 6) is 0.560. The summed E-state index contributed by atoms with van der Waals surface area (Å²) in [4.78, 5) is 2.33. The highest BCUT2D eigenvalue weighted by atomic mass is 19.1. The van der Waals surface area contributed by atoms with E-state index in [2.05, 4.69) is 17.1 Å². The Morgan fingerprint density at radius 3 is 2.95 bits per heavy atom. The second kappa shape index (κ2) is 6.87. The van der Waals surface area contributed by atoms with E-state index in [1.165, 1.54) is 18.9 Å². The average Bonchev–Trinajstić information content (AvgIpc) is 2.91. The normalized spacial score (nSPS) is 19.1. The standard InChI is InChI=1S/C15H23FN2O/c1-3-18(11-14-5-4-8-17-14)10-12-9-13(16)6-7-15(12)19-2/h6-7,9,14,17H,3-5,8,10-11H2,1-2H3. The lowest BCUT2D eigenvalue weighted by atomic mass is 10.1. The second-order valence-corrected chi connectivity index (χ2v) is 5.08. The Balaban J connectivity index is 2.02. The number of nitrogens with zero attached hydrogens (tertiary/aromatic N) is 1. The fourth-order valence-corrected chi connectivity index (χ4v) is 2.64. The van der Waals surface area contributed by atoms with Crippen molar-refractivity contribution >= 4 is 0 Å². The molecule has 1 aromatic carbocycles. The minimum atomic E-state index is -0.203. The Morgan fingerprint density at radius 1 is 1.47 bits per heavy atom. The molecule has 1 aliphatic rings. The Labute approximate surface area is 114 Å². The van der Waals surface area contributed by atoms with Crippen LogP contribution in [0.2, 0.25) is 0 Å². The maximum absolute atomic E-state index is 13.4. The van der Waals surface area contributed by atoms with E-state index < -0.39 is 0 Å². The maximum atomic E-state index is 13.4. The van der Waals surface area contributed by atoms with E-state index in [9.17, 15) is 4.39 Å². The summed E-state index contributed by atoms with van der Waals surface area (Å²) < 4.78 is 18.7. The van der Waals surface area contributed by atoms with Crippen LogP contribution in [0.4, 0.5) is 4.39 Å². The predicted molar refractivity (Wildman–Crippen MR) is 74.9 cm³/mol. The molecule has 0 saturated carbocycles. The molecule has 1 unspecified atom stereocenters. The lowest BCUT2D eigenvalue weighted by Crippen LogP contribution is -2.37. The highest BCUT2D eigenvalue weighted by Crippen LogP contribution is 2.21. The zero-order valence-corrected chi connectivity index (χ0v) is 11.8. The molecular formula is C15H23FN2O. The van der Waals surface area contributed by atoms with E-state index in [1.54, 1.807) is 19.2 Å². The number of rotatable bonds is 6. The molecule has 0 radical (unpaired) electrons. The number of methoxy groups -OCH3 is 1. The molecule has 1 saturated heterocycles. The van der Waals surface area contributed by atoms with Crippen molar-refractivity contribution in [2.45, 2.75) is 32.4 Å². The van der Waals surface area contributed by atoms with E-state index in [0.717, 1.165) is 37.5 Å². The van der Waals surface area contributed by atoms with Crippen LogP contribution in [0.25, 0.3) is 0 Å². The van der Waals surface area contributed by atoms with Crippen LogP contribution in [0, 0.1) is 5.82 Å². The third-order valence-corrected chi connectivity index (χ3v) is 3.72. The molecule has 1 aromatic rings. The van der Waals surface area contributed by atoms with E-state index in [0.29, 0.717) is 6.04 Å². The first-order valence-electron chi connectivity index (χ1n) is 7.01. The number of likely N-dealkylation sites (N-methyl/N-ethyl adjacent to an activating group) is 1. The smallest absolute Gasteiger partial charge is 0.123 e. The fraction of sp³-hybridized carbons (Fsp3) is 0.600. The first kappa shape index (κ1) is 14.3. The van der Waals surface area contributed by atoms with Gasteiger partial charge in [-0.25, -0.2) is 4.39 Å². The molecule has 1 N–H and O–H groups in total. The van der Waals surface area contributed by atoms with Gasteiger partial charge in [-0.3, -0.25) is 4.90 Å². The number of ether oxygens (including phenoxy) is 1. The monoisotopic (exact) mass is 266 g/mol. The SMILES string of the molecule is CCN(Cc1cc(F)ccc1OC)CC1CCCN1. The number of hydrogen-bond acceptors (Lipinski definition) is 3. The first-order valence-corrected chi connectivity index (χ1v) is 7.01. The average molecular weight is 266 g/mol. The van der Waals surface area contributed by atoms with Gasteiger partial charge in [-0.1, -0.05) is 6.92 Å². The molecule has 0 bridgehead atoms. The first-order chi connectivity index (χ1) is 9.22. The van der Waals surface area contributed by atoms with Crippen molar-refractivity contribution in [2.24, 2.45) is 0 Å². The molecule has 0 amide bonds. The largest absolute Gasteiger partial charge is 0.496 e. The molecule has 2 rings (SSSR count). The molecule has 106 valence electrons. The number of benzene rings is 1. The van der Waals surface area contributed by atoms with Gasteiger partial charge in [0.25, 0.3) is 0 Å². The van der Waals surface area contributed by atoms with Crippen LogP contribution < -0.4 is 10.1 Å². The Morgan fingerprint density at radius 2 is 2.32 bits per heavy atom. The lowest BCUT2D eigenvalue weighted by Gasteiger charge is -2.25. The van der Waals surface area contributed by atoms with Gasteiger partial charge < -0.3 is 10.1 Å². The Hall–Kier alpha value is -1.13. The van der Waals surface area contributed by atoms with Gasteiger partial charge in [0.05, 0.1) is 7.11 Å². The molecule has 0 aromatic heterocycles. The number of halogens is 1. The molecule has 1 atom stereocenters. The van der Waals surface area contributed by atoms with E-state index in [1.807, 2.05) is 0 Å².